The van der Waals surface area contributed by atoms with Crippen LogP contribution >= 0.6 is 39.1 Å². The Morgan fingerprint density at radius 2 is 1.97 bits per heavy atom. The van der Waals surface area contributed by atoms with Gasteiger partial charge < -0.3 is 9.32 Å². The smallest absolute Gasteiger partial charge is 0.406 e. The van der Waals surface area contributed by atoms with Crippen LogP contribution in [0.15, 0.2) is 42.8 Å². The third kappa shape index (κ3) is 3.65. The maximum atomic E-state index is 12.9. The number of fused-ring (bicyclic) bond motifs is 1. The molecule has 2 heterocycles. The SMILES string of the molecule is O=C1CCCN1c1ccc(NS(=O)(=O)c2c(Br)cc3[nH]c(=O)oc3c2Cl)cc1Cl. The fourth-order valence-electron chi connectivity index (χ4n) is 3.15. The van der Waals surface area contributed by atoms with Crippen molar-refractivity contribution in [2.75, 3.05) is 16.2 Å². The van der Waals surface area contributed by atoms with Gasteiger partial charge in [0.25, 0.3) is 10.0 Å². The van der Waals surface area contributed by atoms with E-state index in [1.54, 1.807) is 11.0 Å². The van der Waals surface area contributed by atoms with E-state index >= 15 is 0 Å². The van der Waals surface area contributed by atoms with Crippen LogP contribution in [0.2, 0.25) is 10.0 Å². The van der Waals surface area contributed by atoms with Crippen molar-refractivity contribution in [3.63, 3.8) is 0 Å². The Morgan fingerprint density at radius 1 is 1.21 bits per heavy atom. The number of benzene rings is 2. The van der Waals surface area contributed by atoms with E-state index in [1.807, 2.05) is 0 Å². The molecule has 2 aromatic carbocycles. The maximum absolute atomic E-state index is 12.9. The summed E-state index contributed by atoms with van der Waals surface area (Å²) in [5.41, 5.74) is 0.894. The monoisotopic (exact) mass is 519 g/mol. The zero-order valence-electron chi connectivity index (χ0n) is 14.5. The van der Waals surface area contributed by atoms with Crippen LogP contribution in [0.4, 0.5) is 11.4 Å². The number of aromatic nitrogens is 1. The molecule has 12 heteroatoms. The Labute approximate surface area is 183 Å². The largest absolute Gasteiger partial charge is 0.417 e. The summed E-state index contributed by atoms with van der Waals surface area (Å²) < 4.78 is 33.3. The molecule has 152 valence electrons. The van der Waals surface area contributed by atoms with Crippen molar-refractivity contribution < 1.29 is 17.6 Å². The molecule has 1 amide bonds. The number of amides is 1. The zero-order chi connectivity index (χ0) is 20.9. The summed E-state index contributed by atoms with van der Waals surface area (Å²) in [6.45, 7) is 0.564. The summed E-state index contributed by atoms with van der Waals surface area (Å²) in [6, 6.07) is 5.88. The molecule has 1 saturated heterocycles. The van der Waals surface area contributed by atoms with Gasteiger partial charge in [0, 0.05) is 17.4 Å². The highest BCUT2D eigenvalue weighted by Gasteiger charge is 2.27. The van der Waals surface area contributed by atoms with Crippen LogP contribution in [-0.2, 0) is 14.8 Å². The molecule has 29 heavy (non-hydrogen) atoms. The van der Waals surface area contributed by atoms with Crippen molar-refractivity contribution in [1.82, 2.24) is 4.98 Å². The van der Waals surface area contributed by atoms with Gasteiger partial charge in [0.2, 0.25) is 5.91 Å². The molecule has 0 spiro atoms. The molecular weight excluding hydrogens is 509 g/mol. The van der Waals surface area contributed by atoms with Gasteiger partial charge in [-0.1, -0.05) is 23.2 Å². The van der Waals surface area contributed by atoms with Crippen molar-refractivity contribution in [3.8, 4) is 0 Å². The molecule has 0 unspecified atom stereocenters. The fraction of sp³-hybridized carbons (Fsp3) is 0.176. The molecule has 1 fully saturated rings. The topological polar surface area (TPSA) is 112 Å². The molecule has 0 saturated carbocycles. The van der Waals surface area contributed by atoms with E-state index in [4.69, 9.17) is 27.6 Å². The summed E-state index contributed by atoms with van der Waals surface area (Å²) in [4.78, 5) is 27.0. The highest BCUT2D eigenvalue weighted by molar-refractivity contribution is 9.10. The van der Waals surface area contributed by atoms with Crippen LogP contribution in [-0.4, -0.2) is 25.9 Å². The third-order valence-corrected chi connectivity index (χ3v) is 7.52. The number of halogens is 3. The minimum atomic E-state index is -4.16. The number of aromatic amines is 1. The first kappa shape index (κ1) is 20.3. The van der Waals surface area contributed by atoms with Gasteiger partial charge in [-0.15, -0.1) is 0 Å². The van der Waals surface area contributed by atoms with E-state index in [2.05, 4.69) is 25.6 Å². The number of nitrogens with zero attached hydrogens (tertiary/aromatic N) is 1. The average molecular weight is 521 g/mol. The molecule has 1 aliphatic heterocycles. The number of carbonyl (C=O) groups excluding carboxylic acids is 1. The predicted molar refractivity (Wildman–Crippen MR) is 113 cm³/mol. The molecule has 0 aliphatic carbocycles. The Morgan fingerprint density at radius 3 is 2.62 bits per heavy atom. The van der Waals surface area contributed by atoms with E-state index in [-0.39, 0.29) is 42.1 Å². The fourth-order valence-corrected chi connectivity index (χ4v) is 6.34. The Balaban J connectivity index is 1.71. The van der Waals surface area contributed by atoms with Crippen LogP contribution in [0.1, 0.15) is 12.8 Å². The molecule has 4 rings (SSSR count). The summed E-state index contributed by atoms with van der Waals surface area (Å²) in [7, 11) is -4.16. The van der Waals surface area contributed by atoms with E-state index in [0.29, 0.717) is 18.7 Å². The van der Waals surface area contributed by atoms with E-state index in [9.17, 15) is 18.0 Å². The van der Waals surface area contributed by atoms with Crippen molar-refractivity contribution in [2.45, 2.75) is 17.7 Å². The number of nitrogens with one attached hydrogen (secondary N) is 2. The second-order valence-corrected chi connectivity index (χ2v) is 9.57. The van der Waals surface area contributed by atoms with Crippen molar-refractivity contribution >= 4 is 77.5 Å². The third-order valence-electron chi connectivity index (χ3n) is 4.40. The Kier molecular flexibility index (Phi) is 5.14. The first-order valence-electron chi connectivity index (χ1n) is 8.31. The number of carbonyl (C=O) groups is 1. The van der Waals surface area contributed by atoms with E-state index in [0.717, 1.165) is 6.42 Å². The highest BCUT2D eigenvalue weighted by Crippen LogP contribution is 2.37. The van der Waals surface area contributed by atoms with Crippen LogP contribution < -0.4 is 15.4 Å². The lowest BCUT2D eigenvalue weighted by molar-refractivity contribution is -0.117. The average Bonchev–Trinajstić information content (AvgIpc) is 3.19. The number of sulfonamides is 1. The van der Waals surface area contributed by atoms with Gasteiger partial charge >= 0.3 is 5.76 Å². The predicted octanol–water partition coefficient (Wildman–Crippen LogP) is 4.12. The van der Waals surface area contributed by atoms with Gasteiger partial charge in [0.1, 0.15) is 9.92 Å². The second kappa shape index (κ2) is 7.35. The van der Waals surface area contributed by atoms with E-state index in [1.165, 1.54) is 18.2 Å². The Hall–Kier alpha value is -2.01. The van der Waals surface area contributed by atoms with Crippen LogP contribution in [0.3, 0.4) is 0 Å². The molecule has 1 aromatic heterocycles. The lowest BCUT2D eigenvalue weighted by Crippen LogP contribution is -2.24. The second-order valence-electron chi connectivity index (χ2n) is 6.31. The summed E-state index contributed by atoms with van der Waals surface area (Å²) in [5.74, 6) is -0.785. The summed E-state index contributed by atoms with van der Waals surface area (Å²) in [5, 5.41) is -0.0108. The number of rotatable bonds is 4. The van der Waals surface area contributed by atoms with Gasteiger partial charge in [0.05, 0.1) is 21.9 Å². The molecule has 1 aliphatic rings. The van der Waals surface area contributed by atoms with Gasteiger partial charge in [-0.25, -0.2) is 13.2 Å². The normalized spacial score (nSPS) is 14.7. The number of hydrogen-bond donors (Lipinski definition) is 2. The Bertz CT molecular complexity index is 1320. The molecule has 8 nitrogen and oxygen atoms in total. The molecular formula is C17H12BrCl2N3O5S. The quantitative estimate of drug-likeness (QED) is 0.537. The molecule has 0 radical (unpaired) electrons. The zero-order valence-corrected chi connectivity index (χ0v) is 18.4. The van der Waals surface area contributed by atoms with Crippen LogP contribution in [0, 0.1) is 0 Å². The number of H-pyrrole nitrogens is 1. The van der Waals surface area contributed by atoms with E-state index < -0.39 is 15.8 Å². The number of hydrogen-bond acceptors (Lipinski definition) is 5. The van der Waals surface area contributed by atoms with Crippen LogP contribution in [0.25, 0.3) is 11.1 Å². The van der Waals surface area contributed by atoms with Crippen molar-refractivity contribution in [3.05, 3.63) is 49.3 Å². The van der Waals surface area contributed by atoms with Gasteiger partial charge in [-0.3, -0.25) is 14.5 Å². The maximum Gasteiger partial charge on any atom is 0.417 e. The van der Waals surface area contributed by atoms with Crippen LogP contribution in [0.5, 0.6) is 0 Å². The minimum absolute atomic E-state index is 0.0303. The highest BCUT2D eigenvalue weighted by atomic mass is 79.9. The van der Waals surface area contributed by atoms with Gasteiger partial charge in [-0.05, 0) is 46.6 Å². The lowest BCUT2D eigenvalue weighted by atomic mass is 10.2. The molecule has 0 atom stereocenters. The number of oxazole rings is 1. The summed E-state index contributed by atoms with van der Waals surface area (Å²) in [6.07, 6.45) is 1.20. The number of anilines is 2. The van der Waals surface area contributed by atoms with Gasteiger partial charge in [0.15, 0.2) is 5.58 Å². The first-order chi connectivity index (χ1) is 13.7. The standard InChI is InChI=1S/C17H12BrCl2N3O5S/c18-9-7-11-15(28-17(25)21-11)14(20)16(9)29(26,27)22-8-3-4-12(10(19)6-8)23-5-1-2-13(23)24/h3-4,6-7,22H,1-2,5H2,(H,21,25). The minimum Gasteiger partial charge on any atom is -0.406 e. The molecule has 3 aromatic rings. The van der Waals surface area contributed by atoms with Crippen molar-refractivity contribution in [1.29, 1.82) is 0 Å². The summed E-state index contributed by atoms with van der Waals surface area (Å²) >= 11 is 15.6. The molecule has 0 bridgehead atoms. The van der Waals surface area contributed by atoms with Crippen molar-refractivity contribution in [2.24, 2.45) is 0 Å². The lowest BCUT2D eigenvalue weighted by Gasteiger charge is -2.18. The van der Waals surface area contributed by atoms with Gasteiger partial charge in [-0.2, -0.15) is 0 Å². The first-order valence-corrected chi connectivity index (χ1v) is 11.3. The molecule has 2 N–H and O–H groups in total.